The molecule has 0 saturated carbocycles. The van der Waals surface area contributed by atoms with Crippen LogP contribution >= 0.6 is 15.9 Å². The van der Waals surface area contributed by atoms with Gasteiger partial charge in [0, 0.05) is 30.4 Å². The van der Waals surface area contributed by atoms with E-state index in [0.29, 0.717) is 6.54 Å². The Labute approximate surface area is 129 Å². The van der Waals surface area contributed by atoms with Crippen molar-refractivity contribution >= 4 is 27.5 Å². The lowest BCUT2D eigenvalue weighted by atomic mass is 9.90. The van der Waals surface area contributed by atoms with Crippen LogP contribution in [0.1, 0.15) is 20.3 Å². The third-order valence-electron chi connectivity index (χ3n) is 2.98. The summed E-state index contributed by atoms with van der Waals surface area (Å²) in [5.41, 5.74) is 0.913. The molecule has 0 fully saturated rings. The van der Waals surface area contributed by atoms with Crippen LogP contribution in [-0.4, -0.2) is 32.7 Å². The summed E-state index contributed by atoms with van der Waals surface area (Å²) in [5.74, 6) is -0.0364. The van der Waals surface area contributed by atoms with E-state index in [4.69, 9.17) is 4.74 Å². The van der Waals surface area contributed by atoms with E-state index in [9.17, 15) is 4.79 Å². The first kappa shape index (κ1) is 17.1. The zero-order chi connectivity index (χ0) is 15.0. The predicted octanol–water partition coefficient (Wildman–Crippen LogP) is 3.04. The van der Waals surface area contributed by atoms with E-state index in [2.05, 4.69) is 40.4 Å². The molecule has 5 heteroatoms. The van der Waals surface area contributed by atoms with Crippen molar-refractivity contribution in [2.45, 2.75) is 20.3 Å². The Morgan fingerprint density at radius 2 is 2.15 bits per heavy atom. The number of ether oxygens (including phenoxy) is 1. The summed E-state index contributed by atoms with van der Waals surface area (Å²) >= 11 is 3.38. The second-order valence-electron chi connectivity index (χ2n) is 5.57. The summed E-state index contributed by atoms with van der Waals surface area (Å²) in [4.78, 5) is 11.8. The number of carbonyl (C=O) groups excluding carboxylic acids is 1. The summed E-state index contributed by atoms with van der Waals surface area (Å²) in [5, 5.41) is 6.05. The molecule has 1 aromatic rings. The third-order valence-corrected chi connectivity index (χ3v) is 3.47. The zero-order valence-corrected chi connectivity index (χ0v) is 13.9. The van der Waals surface area contributed by atoms with Crippen molar-refractivity contribution in [3.63, 3.8) is 0 Å². The molecule has 2 N–H and O–H groups in total. The van der Waals surface area contributed by atoms with E-state index in [1.54, 1.807) is 7.11 Å². The highest BCUT2D eigenvalue weighted by atomic mass is 79.9. The maximum absolute atomic E-state index is 11.8. The first-order valence-electron chi connectivity index (χ1n) is 6.68. The predicted molar refractivity (Wildman–Crippen MR) is 85.9 cm³/mol. The van der Waals surface area contributed by atoms with Crippen molar-refractivity contribution in [3.8, 4) is 0 Å². The third kappa shape index (κ3) is 7.03. The smallest absolute Gasteiger partial charge is 0.238 e. The molecular weight excluding hydrogens is 320 g/mol. The molecule has 0 radical (unpaired) electrons. The van der Waals surface area contributed by atoms with Crippen molar-refractivity contribution in [1.29, 1.82) is 0 Å². The number of anilines is 1. The van der Waals surface area contributed by atoms with E-state index in [0.717, 1.165) is 29.7 Å². The van der Waals surface area contributed by atoms with Crippen molar-refractivity contribution in [3.05, 3.63) is 28.7 Å². The minimum Gasteiger partial charge on any atom is -0.385 e. The molecule has 0 aliphatic carbocycles. The Bertz CT molecular complexity index is 436. The number of amides is 1. The molecule has 0 aliphatic rings. The fourth-order valence-electron chi connectivity index (χ4n) is 1.75. The van der Waals surface area contributed by atoms with Crippen LogP contribution in [0.5, 0.6) is 0 Å². The molecule has 0 bridgehead atoms. The topological polar surface area (TPSA) is 50.4 Å². The quantitative estimate of drug-likeness (QED) is 0.763. The molecule has 4 nitrogen and oxygen atoms in total. The number of rotatable bonds is 8. The van der Waals surface area contributed by atoms with Gasteiger partial charge in [-0.1, -0.05) is 35.8 Å². The lowest BCUT2D eigenvalue weighted by Gasteiger charge is -2.24. The Morgan fingerprint density at radius 1 is 1.40 bits per heavy atom. The lowest BCUT2D eigenvalue weighted by molar-refractivity contribution is -0.115. The van der Waals surface area contributed by atoms with E-state index < -0.39 is 0 Å². The largest absolute Gasteiger partial charge is 0.385 e. The van der Waals surface area contributed by atoms with Crippen molar-refractivity contribution in [1.82, 2.24) is 5.32 Å². The summed E-state index contributed by atoms with van der Waals surface area (Å²) in [6, 6.07) is 7.55. The van der Waals surface area contributed by atoms with Crippen molar-refractivity contribution in [2.24, 2.45) is 5.41 Å². The standard InChI is InChI=1S/C15H23BrN2O2/c1-15(2,7-8-20-3)11-17-10-14(19)18-13-6-4-5-12(16)9-13/h4-6,9,17H,7-8,10-11H2,1-3H3,(H,18,19). The van der Waals surface area contributed by atoms with Crippen molar-refractivity contribution < 1.29 is 9.53 Å². The number of carbonyl (C=O) groups is 1. The van der Waals surface area contributed by atoms with Crippen molar-refractivity contribution in [2.75, 3.05) is 32.1 Å². The first-order chi connectivity index (χ1) is 9.43. The average Bonchev–Trinajstić information content (AvgIpc) is 2.36. The van der Waals surface area contributed by atoms with E-state index in [-0.39, 0.29) is 11.3 Å². The van der Waals surface area contributed by atoms with Gasteiger partial charge in [0.25, 0.3) is 0 Å². The number of methoxy groups -OCH3 is 1. The highest BCUT2D eigenvalue weighted by molar-refractivity contribution is 9.10. The molecule has 0 saturated heterocycles. The molecule has 0 heterocycles. The number of halogens is 1. The summed E-state index contributed by atoms with van der Waals surface area (Å²) in [7, 11) is 1.70. The molecular formula is C15H23BrN2O2. The van der Waals surface area contributed by atoms with Crippen LogP contribution in [0.3, 0.4) is 0 Å². The Morgan fingerprint density at radius 3 is 2.80 bits per heavy atom. The van der Waals surface area contributed by atoms with Crippen LogP contribution in [-0.2, 0) is 9.53 Å². The van der Waals surface area contributed by atoms with Gasteiger partial charge < -0.3 is 15.4 Å². The van der Waals surface area contributed by atoms with Crippen LogP contribution in [0, 0.1) is 5.41 Å². The van der Waals surface area contributed by atoms with Gasteiger partial charge in [0.15, 0.2) is 0 Å². The molecule has 0 atom stereocenters. The van der Waals surface area contributed by atoms with Gasteiger partial charge in [-0.05, 0) is 30.0 Å². The van der Waals surface area contributed by atoms with Crippen LogP contribution in [0.2, 0.25) is 0 Å². The highest BCUT2D eigenvalue weighted by Gasteiger charge is 2.17. The monoisotopic (exact) mass is 342 g/mol. The van der Waals surface area contributed by atoms with Gasteiger partial charge in [-0.25, -0.2) is 0 Å². The summed E-state index contributed by atoms with van der Waals surface area (Å²) in [6.07, 6.45) is 0.962. The molecule has 20 heavy (non-hydrogen) atoms. The van der Waals surface area contributed by atoms with Crippen LogP contribution < -0.4 is 10.6 Å². The molecule has 0 unspecified atom stereocenters. The van der Waals surface area contributed by atoms with Gasteiger partial charge in [-0.2, -0.15) is 0 Å². The summed E-state index contributed by atoms with van der Waals surface area (Å²) < 4.78 is 6.03. The molecule has 1 amide bonds. The molecule has 0 aromatic heterocycles. The van der Waals surface area contributed by atoms with E-state index in [1.807, 2.05) is 24.3 Å². The Balaban J connectivity index is 2.30. The highest BCUT2D eigenvalue weighted by Crippen LogP contribution is 2.18. The summed E-state index contributed by atoms with van der Waals surface area (Å²) in [6.45, 7) is 6.14. The van der Waals surface area contributed by atoms with Gasteiger partial charge in [-0.3, -0.25) is 4.79 Å². The second-order valence-corrected chi connectivity index (χ2v) is 6.48. The second kappa shape index (κ2) is 8.39. The maximum atomic E-state index is 11.8. The van der Waals surface area contributed by atoms with Crippen LogP contribution in [0.25, 0.3) is 0 Å². The van der Waals surface area contributed by atoms with Crippen LogP contribution in [0.15, 0.2) is 28.7 Å². The number of hydrogen-bond acceptors (Lipinski definition) is 3. The molecule has 1 aromatic carbocycles. The van der Waals surface area contributed by atoms with Gasteiger partial charge in [0.1, 0.15) is 0 Å². The SMILES string of the molecule is COCCC(C)(C)CNCC(=O)Nc1cccc(Br)c1. The van der Waals surface area contributed by atoms with Crippen LogP contribution in [0.4, 0.5) is 5.69 Å². The van der Waals surface area contributed by atoms with Gasteiger partial charge >= 0.3 is 0 Å². The lowest BCUT2D eigenvalue weighted by Crippen LogP contribution is -2.35. The maximum Gasteiger partial charge on any atom is 0.238 e. The van der Waals surface area contributed by atoms with Gasteiger partial charge in [0.05, 0.1) is 6.54 Å². The minimum atomic E-state index is -0.0364. The van der Waals surface area contributed by atoms with E-state index in [1.165, 1.54) is 0 Å². The molecule has 0 aliphatic heterocycles. The molecule has 1 rings (SSSR count). The number of nitrogens with one attached hydrogen (secondary N) is 2. The normalized spacial score (nSPS) is 11.4. The Kier molecular flexibility index (Phi) is 7.19. The fourth-order valence-corrected chi connectivity index (χ4v) is 2.15. The Hall–Kier alpha value is -0.910. The van der Waals surface area contributed by atoms with Gasteiger partial charge in [0.2, 0.25) is 5.91 Å². The zero-order valence-electron chi connectivity index (χ0n) is 12.3. The fraction of sp³-hybridized carbons (Fsp3) is 0.533. The first-order valence-corrected chi connectivity index (χ1v) is 7.47. The molecule has 0 spiro atoms. The minimum absolute atomic E-state index is 0.0364. The number of hydrogen-bond donors (Lipinski definition) is 2. The van der Waals surface area contributed by atoms with E-state index >= 15 is 0 Å². The van der Waals surface area contributed by atoms with Gasteiger partial charge in [-0.15, -0.1) is 0 Å². The molecule has 112 valence electrons. The number of benzene rings is 1. The average molecular weight is 343 g/mol.